The molecule has 5 nitrogen and oxygen atoms in total. The highest BCUT2D eigenvalue weighted by atomic mass is 16.3. The van der Waals surface area contributed by atoms with Crippen LogP contribution in [0, 0.1) is 0 Å². The summed E-state index contributed by atoms with van der Waals surface area (Å²) in [6, 6.07) is 5.52. The zero-order valence-electron chi connectivity index (χ0n) is 12.1. The number of carbonyl (C=O) groups excluding carboxylic acids is 1. The Morgan fingerprint density at radius 1 is 1.29 bits per heavy atom. The number of aliphatic hydroxyl groups is 1. The van der Waals surface area contributed by atoms with Crippen molar-refractivity contribution in [2.45, 2.75) is 44.1 Å². The fourth-order valence-electron chi connectivity index (χ4n) is 3.06. The quantitative estimate of drug-likeness (QED) is 0.758. The van der Waals surface area contributed by atoms with Crippen LogP contribution in [0.4, 0.5) is 0 Å². The number of carbonyl (C=O) groups is 1. The maximum atomic E-state index is 12.4. The summed E-state index contributed by atoms with van der Waals surface area (Å²) in [5.41, 5.74) is 0.554. The molecule has 5 heteroatoms. The minimum Gasteiger partial charge on any atom is -0.388 e. The molecule has 1 aromatic heterocycles. The van der Waals surface area contributed by atoms with Crippen molar-refractivity contribution in [3.63, 3.8) is 0 Å². The Hall–Kier alpha value is -1.88. The lowest BCUT2D eigenvalue weighted by Gasteiger charge is -2.26. The highest BCUT2D eigenvalue weighted by molar-refractivity contribution is 6.05. The van der Waals surface area contributed by atoms with Crippen molar-refractivity contribution < 1.29 is 9.90 Å². The molecular weight excluding hydrogens is 266 g/mol. The number of aromatic amines is 1. The number of amides is 1. The van der Waals surface area contributed by atoms with Crippen LogP contribution < -0.4 is 5.32 Å². The van der Waals surface area contributed by atoms with Gasteiger partial charge in [0.15, 0.2) is 0 Å². The lowest BCUT2D eigenvalue weighted by Crippen LogP contribution is -2.42. The van der Waals surface area contributed by atoms with Crippen molar-refractivity contribution in [1.82, 2.24) is 15.5 Å². The molecule has 21 heavy (non-hydrogen) atoms. The molecule has 2 aromatic rings. The second kappa shape index (κ2) is 5.85. The highest BCUT2D eigenvalue weighted by Crippen LogP contribution is 2.26. The van der Waals surface area contributed by atoms with Crippen molar-refractivity contribution >= 4 is 16.8 Å². The van der Waals surface area contributed by atoms with Crippen molar-refractivity contribution in [2.75, 3.05) is 6.54 Å². The van der Waals surface area contributed by atoms with Crippen LogP contribution in [-0.2, 0) is 0 Å². The van der Waals surface area contributed by atoms with Gasteiger partial charge in [-0.3, -0.25) is 9.89 Å². The van der Waals surface area contributed by atoms with E-state index in [1.807, 2.05) is 12.1 Å². The van der Waals surface area contributed by atoms with E-state index >= 15 is 0 Å². The van der Waals surface area contributed by atoms with Crippen LogP contribution in [0.3, 0.4) is 0 Å². The number of rotatable bonds is 3. The first kappa shape index (κ1) is 14.1. The van der Waals surface area contributed by atoms with Crippen molar-refractivity contribution in [3.8, 4) is 0 Å². The molecule has 1 aliphatic carbocycles. The summed E-state index contributed by atoms with van der Waals surface area (Å²) < 4.78 is 0. The summed E-state index contributed by atoms with van der Waals surface area (Å²) in [4.78, 5) is 12.4. The van der Waals surface area contributed by atoms with Crippen molar-refractivity contribution in [2.24, 2.45) is 0 Å². The lowest BCUT2D eigenvalue weighted by atomic mass is 9.94. The molecule has 1 aromatic carbocycles. The molecule has 1 saturated carbocycles. The first-order valence-corrected chi connectivity index (χ1v) is 7.61. The first-order chi connectivity index (χ1) is 10.2. The van der Waals surface area contributed by atoms with Gasteiger partial charge in [0.1, 0.15) is 0 Å². The molecule has 0 spiro atoms. The molecule has 0 saturated heterocycles. The number of fused-ring (bicyclic) bond motifs is 1. The maximum Gasteiger partial charge on any atom is 0.253 e. The average Bonchev–Trinajstić information content (AvgIpc) is 2.87. The molecule has 1 fully saturated rings. The molecular formula is C16H21N3O2. The Bertz CT molecular complexity index is 627. The zero-order valence-corrected chi connectivity index (χ0v) is 12.1. The van der Waals surface area contributed by atoms with Crippen LogP contribution in [0.2, 0.25) is 0 Å². The lowest BCUT2D eigenvalue weighted by molar-refractivity contribution is 0.0246. The fourth-order valence-corrected chi connectivity index (χ4v) is 3.06. The zero-order chi connectivity index (χ0) is 14.7. The number of H-pyrrole nitrogens is 1. The van der Waals surface area contributed by atoms with E-state index in [2.05, 4.69) is 15.5 Å². The molecule has 3 rings (SSSR count). The summed E-state index contributed by atoms with van der Waals surface area (Å²) in [7, 11) is 0. The van der Waals surface area contributed by atoms with E-state index in [0.29, 0.717) is 12.1 Å². The molecule has 112 valence electrons. The highest BCUT2D eigenvalue weighted by Gasteiger charge is 2.28. The van der Waals surface area contributed by atoms with Crippen LogP contribution in [0.5, 0.6) is 0 Å². The number of benzene rings is 1. The van der Waals surface area contributed by atoms with Gasteiger partial charge in [0.25, 0.3) is 5.91 Å². The minimum atomic E-state index is -0.756. The number of nitrogens with one attached hydrogen (secondary N) is 2. The minimum absolute atomic E-state index is 0.164. The van der Waals surface area contributed by atoms with Crippen LogP contribution in [0.1, 0.15) is 48.9 Å². The number of nitrogens with zero attached hydrogens (tertiary/aromatic N) is 1. The molecule has 3 N–H and O–H groups in total. The number of hydrogen-bond donors (Lipinski definition) is 3. The van der Waals surface area contributed by atoms with Gasteiger partial charge in [-0.15, -0.1) is 0 Å². The van der Waals surface area contributed by atoms with E-state index in [9.17, 15) is 9.90 Å². The first-order valence-electron chi connectivity index (χ1n) is 7.61. The van der Waals surface area contributed by atoms with Gasteiger partial charge in [-0.2, -0.15) is 5.10 Å². The third-order valence-corrected chi connectivity index (χ3v) is 4.33. The number of hydrogen-bond acceptors (Lipinski definition) is 3. The van der Waals surface area contributed by atoms with E-state index in [1.165, 1.54) is 12.8 Å². The molecule has 0 atom stereocenters. The van der Waals surface area contributed by atoms with E-state index in [0.717, 1.165) is 36.6 Å². The number of aromatic nitrogens is 2. The Labute approximate surface area is 123 Å². The van der Waals surface area contributed by atoms with Crippen LogP contribution in [0.15, 0.2) is 24.4 Å². The Morgan fingerprint density at radius 3 is 2.81 bits per heavy atom. The van der Waals surface area contributed by atoms with Crippen LogP contribution >= 0.6 is 0 Å². The smallest absolute Gasteiger partial charge is 0.253 e. The molecule has 0 bridgehead atoms. The third kappa shape index (κ3) is 3.08. The molecule has 1 heterocycles. The van der Waals surface area contributed by atoms with Gasteiger partial charge < -0.3 is 10.4 Å². The van der Waals surface area contributed by atoms with E-state index in [4.69, 9.17) is 0 Å². The normalized spacial score (nSPS) is 18.3. The Morgan fingerprint density at radius 2 is 2.05 bits per heavy atom. The standard InChI is InChI=1S/C16H21N3O2/c20-15(13-7-5-6-12-10-18-19-14(12)13)17-11-16(21)8-3-1-2-4-9-16/h5-7,10,21H,1-4,8-9,11H2,(H,17,20)(H,18,19). The average molecular weight is 287 g/mol. The van der Waals surface area contributed by atoms with Gasteiger partial charge >= 0.3 is 0 Å². The van der Waals surface area contributed by atoms with Crippen LogP contribution in [-0.4, -0.2) is 33.4 Å². The summed E-state index contributed by atoms with van der Waals surface area (Å²) in [6.07, 6.45) is 7.63. The molecule has 0 aliphatic heterocycles. The van der Waals surface area contributed by atoms with E-state index in [-0.39, 0.29) is 5.91 Å². The van der Waals surface area contributed by atoms with Gasteiger partial charge in [-0.05, 0) is 18.9 Å². The number of para-hydroxylation sites is 1. The van der Waals surface area contributed by atoms with Crippen molar-refractivity contribution in [3.05, 3.63) is 30.0 Å². The Balaban J connectivity index is 1.70. The summed E-state index contributed by atoms with van der Waals surface area (Å²) in [6.45, 7) is 0.316. The largest absolute Gasteiger partial charge is 0.388 e. The SMILES string of the molecule is O=C(NCC1(O)CCCCCC1)c1cccc2cn[nH]c12. The summed E-state index contributed by atoms with van der Waals surface area (Å²) >= 11 is 0. The molecule has 0 unspecified atom stereocenters. The van der Waals surface area contributed by atoms with Gasteiger partial charge in [0, 0.05) is 11.9 Å². The summed E-state index contributed by atoms with van der Waals surface area (Å²) in [5, 5.41) is 21.2. The molecule has 0 radical (unpaired) electrons. The third-order valence-electron chi connectivity index (χ3n) is 4.33. The monoisotopic (exact) mass is 287 g/mol. The van der Waals surface area contributed by atoms with Gasteiger partial charge in [-0.1, -0.05) is 37.8 Å². The molecule has 1 amide bonds. The van der Waals surface area contributed by atoms with Gasteiger partial charge in [0.2, 0.25) is 0 Å². The van der Waals surface area contributed by atoms with Crippen molar-refractivity contribution in [1.29, 1.82) is 0 Å². The van der Waals surface area contributed by atoms with Gasteiger partial charge in [0.05, 0.1) is 22.9 Å². The van der Waals surface area contributed by atoms with Crippen LogP contribution in [0.25, 0.3) is 10.9 Å². The van der Waals surface area contributed by atoms with E-state index < -0.39 is 5.60 Å². The predicted octanol–water partition coefficient (Wildman–Crippen LogP) is 2.38. The Kier molecular flexibility index (Phi) is 3.92. The second-order valence-corrected chi connectivity index (χ2v) is 5.96. The second-order valence-electron chi connectivity index (χ2n) is 5.96. The van der Waals surface area contributed by atoms with E-state index in [1.54, 1.807) is 12.3 Å². The topological polar surface area (TPSA) is 78.0 Å². The van der Waals surface area contributed by atoms with Gasteiger partial charge in [-0.25, -0.2) is 0 Å². The predicted molar refractivity (Wildman–Crippen MR) is 81.1 cm³/mol. The fraction of sp³-hybridized carbons (Fsp3) is 0.500. The molecule has 1 aliphatic rings. The summed E-state index contributed by atoms with van der Waals surface area (Å²) in [5.74, 6) is -0.164. The maximum absolute atomic E-state index is 12.4.